The molecule has 2 aliphatic rings. The number of pyridine rings is 1. The lowest BCUT2D eigenvalue weighted by Gasteiger charge is -2.19. The predicted octanol–water partition coefficient (Wildman–Crippen LogP) is 2.37. The lowest BCUT2D eigenvalue weighted by molar-refractivity contribution is 0.161. The van der Waals surface area contributed by atoms with Gasteiger partial charge in [-0.25, -0.2) is 4.98 Å². The predicted molar refractivity (Wildman–Crippen MR) is 85.7 cm³/mol. The molecule has 1 N–H and O–H groups in total. The van der Waals surface area contributed by atoms with Gasteiger partial charge in [0.15, 0.2) is 0 Å². The van der Waals surface area contributed by atoms with Crippen molar-refractivity contribution in [3.05, 3.63) is 23.4 Å². The van der Waals surface area contributed by atoms with Crippen LogP contribution in [0, 0.1) is 5.92 Å². The van der Waals surface area contributed by atoms with Crippen LogP contribution >= 0.6 is 0 Å². The van der Waals surface area contributed by atoms with Gasteiger partial charge in [-0.3, -0.25) is 0 Å². The summed E-state index contributed by atoms with van der Waals surface area (Å²) in [5.41, 5.74) is 2.58. The highest BCUT2D eigenvalue weighted by molar-refractivity contribution is 5.44. The van der Waals surface area contributed by atoms with Crippen LogP contribution in [0.5, 0.6) is 0 Å². The van der Waals surface area contributed by atoms with Crippen molar-refractivity contribution in [2.24, 2.45) is 5.92 Å². The third-order valence-corrected chi connectivity index (χ3v) is 4.47. The summed E-state index contributed by atoms with van der Waals surface area (Å²) in [7, 11) is 1.79. The number of ether oxygens (including phenoxy) is 1. The maximum Gasteiger partial charge on any atom is 0.129 e. The third kappa shape index (κ3) is 3.95. The van der Waals surface area contributed by atoms with Crippen molar-refractivity contribution >= 4 is 5.82 Å². The summed E-state index contributed by atoms with van der Waals surface area (Å²) in [6.07, 6.45) is 4.88. The molecule has 1 saturated carbocycles. The SMILES string of the molecule is CCc1cc(CNC2CC2)cc(N2CCC(COC)C2)n1. The Kier molecular flexibility index (Phi) is 4.76. The highest BCUT2D eigenvalue weighted by atomic mass is 16.5. The average Bonchev–Trinajstić information content (AvgIpc) is 3.22. The van der Waals surface area contributed by atoms with Crippen LogP contribution < -0.4 is 10.2 Å². The van der Waals surface area contributed by atoms with Gasteiger partial charge in [0.05, 0.1) is 6.61 Å². The highest BCUT2D eigenvalue weighted by Gasteiger charge is 2.24. The number of nitrogens with zero attached hydrogens (tertiary/aromatic N) is 2. The molecule has 0 spiro atoms. The molecule has 1 aliphatic heterocycles. The fourth-order valence-corrected chi connectivity index (χ4v) is 3.04. The van der Waals surface area contributed by atoms with Gasteiger partial charge in [-0.15, -0.1) is 0 Å². The Bertz CT molecular complexity index is 473. The maximum atomic E-state index is 5.29. The zero-order chi connectivity index (χ0) is 14.7. The minimum absolute atomic E-state index is 0.648. The van der Waals surface area contributed by atoms with E-state index in [0.29, 0.717) is 5.92 Å². The molecule has 21 heavy (non-hydrogen) atoms. The minimum Gasteiger partial charge on any atom is -0.384 e. The smallest absolute Gasteiger partial charge is 0.129 e. The Labute approximate surface area is 127 Å². The van der Waals surface area contributed by atoms with E-state index in [1.54, 1.807) is 7.11 Å². The standard InChI is InChI=1S/C17H27N3O/c1-3-15-8-14(10-18-16-4-5-16)9-17(19-15)20-7-6-13(11-20)12-21-2/h8-9,13,16,18H,3-7,10-12H2,1-2H3. The number of rotatable bonds is 7. The van der Waals surface area contributed by atoms with Crippen molar-refractivity contribution in [2.75, 3.05) is 31.7 Å². The quantitative estimate of drug-likeness (QED) is 0.836. The van der Waals surface area contributed by atoms with Gasteiger partial charge in [-0.05, 0) is 43.4 Å². The van der Waals surface area contributed by atoms with Crippen molar-refractivity contribution in [1.82, 2.24) is 10.3 Å². The first-order chi connectivity index (χ1) is 10.3. The first-order valence-electron chi connectivity index (χ1n) is 8.25. The van der Waals surface area contributed by atoms with E-state index < -0.39 is 0 Å². The Hall–Kier alpha value is -1.13. The Morgan fingerprint density at radius 3 is 2.90 bits per heavy atom. The molecule has 2 heterocycles. The molecule has 1 saturated heterocycles. The molecule has 1 aliphatic carbocycles. The van der Waals surface area contributed by atoms with Gasteiger partial charge in [0.25, 0.3) is 0 Å². The second-order valence-corrected chi connectivity index (χ2v) is 6.39. The first-order valence-corrected chi connectivity index (χ1v) is 8.25. The van der Waals surface area contributed by atoms with Crippen LogP contribution in [0.1, 0.15) is 37.4 Å². The molecular weight excluding hydrogens is 262 g/mol. The molecule has 4 heteroatoms. The van der Waals surface area contributed by atoms with Crippen LogP contribution in [0.4, 0.5) is 5.82 Å². The summed E-state index contributed by atoms with van der Waals surface area (Å²) in [5.74, 6) is 1.80. The van der Waals surface area contributed by atoms with E-state index in [1.807, 2.05) is 0 Å². The molecule has 116 valence electrons. The second-order valence-electron chi connectivity index (χ2n) is 6.39. The van der Waals surface area contributed by atoms with Crippen LogP contribution in [0.15, 0.2) is 12.1 Å². The lowest BCUT2D eigenvalue weighted by Crippen LogP contribution is -2.23. The molecule has 0 bridgehead atoms. The van der Waals surface area contributed by atoms with Crippen molar-refractivity contribution in [3.63, 3.8) is 0 Å². The van der Waals surface area contributed by atoms with E-state index in [2.05, 4.69) is 29.3 Å². The van der Waals surface area contributed by atoms with Gasteiger partial charge in [0.2, 0.25) is 0 Å². The topological polar surface area (TPSA) is 37.4 Å². The fraction of sp³-hybridized carbons (Fsp3) is 0.706. The van der Waals surface area contributed by atoms with E-state index in [1.165, 1.54) is 30.5 Å². The largest absolute Gasteiger partial charge is 0.384 e. The van der Waals surface area contributed by atoms with Crippen molar-refractivity contribution in [2.45, 2.75) is 45.2 Å². The summed E-state index contributed by atoms with van der Waals surface area (Å²) in [4.78, 5) is 7.25. The Morgan fingerprint density at radius 2 is 2.19 bits per heavy atom. The van der Waals surface area contributed by atoms with Crippen LogP contribution in [-0.2, 0) is 17.7 Å². The number of nitrogens with one attached hydrogen (secondary N) is 1. The molecule has 1 aromatic heterocycles. The van der Waals surface area contributed by atoms with E-state index >= 15 is 0 Å². The van der Waals surface area contributed by atoms with Crippen molar-refractivity contribution in [3.8, 4) is 0 Å². The summed E-state index contributed by atoms with van der Waals surface area (Å²) >= 11 is 0. The molecule has 1 aromatic rings. The molecule has 3 rings (SSSR count). The van der Waals surface area contributed by atoms with E-state index in [-0.39, 0.29) is 0 Å². The normalized spacial score (nSPS) is 22.0. The average molecular weight is 289 g/mol. The molecule has 0 radical (unpaired) electrons. The highest BCUT2D eigenvalue weighted by Crippen LogP contribution is 2.25. The van der Waals surface area contributed by atoms with E-state index in [9.17, 15) is 0 Å². The summed E-state index contributed by atoms with van der Waals surface area (Å²) in [5, 5.41) is 3.60. The van der Waals surface area contributed by atoms with E-state index in [4.69, 9.17) is 9.72 Å². The number of aromatic nitrogens is 1. The molecule has 1 atom stereocenters. The molecule has 0 amide bonds. The summed E-state index contributed by atoms with van der Waals surface area (Å²) < 4.78 is 5.29. The minimum atomic E-state index is 0.648. The molecule has 0 aromatic carbocycles. The third-order valence-electron chi connectivity index (χ3n) is 4.47. The van der Waals surface area contributed by atoms with Crippen LogP contribution in [0.2, 0.25) is 0 Å². The van der Waals surface area contributed by atoms with Gasteiger partial charge >= 0.3 is 0 Å². The number of anilines is 1. The van der Waals surface area contributed by atoms with Gasteiger partial charge in [0, 0.05) is 44.4 Å². The monoisotopic (exact) mass is 289 g/mol. The molecule has 2 fully saturated rings. The van der Waals surface area contributed by atoms with Gasteiger partial charge in [-0.2, -0.15) is 0 Å². The van der Waals surface area contributed by atoms with Gasteiger partial charge in [-0.1, -0.05) is 6.92 Å². The number of aryl methyl sites for hydroxylation is 1. The maximum absolute atomic E-state index is 5.29. The van der Waals surface area contributed by atoms with Crippen molar-refractivity contribution < 1.29 is 4.74 Å². The zero-order valence-corrected chi connectivity index (χ0v) is 13.3. The zero-order valence-electron chi connectivity index (χ0n) is 13.3. The van der Waals surface area contributed by atoms with Gasteiger partial charge in [0.1, 0.15) is 5.82 Å². The fourth-order valence-electron chi connectivity index (χ4n) is 3.04. The second kappa shape index (κ2) is 6.75. The van der Waals surface area contributed by atoms with E-state index in [0.717, 1.165) is 44.5 Å². The number of methoxy groups -OCH3 is 1. The lowest BCUT2D eigenvalue weighted by atomic mass is 10.1. The van der Waals surface area contributed by atoms with Crippen molar-refractivity contribution in [1.29, 1.82) is 0 Å². The van der Waals surface area contributed by atoms with Crippen LogP contribution in [0.25, 0.3) is 0 Å². The Morgan fingerprint density at radius 1 is 1.33 bits per heavy atom. The Balaban J connectivity index is 1.69. The molecule has 4 nitrogen and oxygen atoms in total. The number of hydrogen-bond donors (Lipinski definition) is 1. The van der Waals surface area contributed by atoms with Crippen LogP contribution in [0.3, 0.4) is 0 Å². The number of hydrogen-bond acceptors (Lipinski definition) is 4. The molecular formula is C17H27N3O. The summed E-state index contributed by atoms with van der Waals surface area (Å²) in [6.45, 7) is 6.19. The van der Waals surface area contributed by atoms with Crippen LogP contribution in [-0.4, -0.2) is 37.8 Å². The first kappa shape index (κ1) is 14.8. The molecule has 1 unspecified atom stereocenters. The summed E-state index contributed by atoms with van der Waals surface area (Å²) in [6, 6.07) is 5.27. The van der Waals surface area contributed by atoms with Gasteiger partial charge < -0.3 is 15.0 Å².